The fourth-order valence-electron chi connectivity index (χ4n) is 2.28. The van der Waals surface area contributed by atoms with Crippen LogP contribution in [0.4, 0.5) is 0 Å². The van der Waals surface area contributed by atoms with Gasteiger partial charge < -0.3 is 5.32 Å². The van der Waals surface area contributed by atoms with Crippen LogP contribution in [0.2, 0.25) is 0 Å². The van der Waals surface area contributed by atoms with Crippen molar-refractivity contribution < 1.29 is 0 Å². The summed E-state index contributed by atoms with van der Waals surface area (Å²) in [4.78, 5) is 1.25. The fraction of sp³-hybridized carbons (Fsp3) is 0.615. The third-order valence-electron chi connectivity index (χ3n) is 3.25. The molecule has 0 spiro atoms. The molecule has 0 saturated heterocycles. The Morgan fingerprint density at radius 1 is 1.47 bits per heavy atom. The first-order valence-electron chi connectivity index (χ1n) is 6.63. The minimum Gasteiger partial charge on any atom is -0.312 e. The molecule has 2 heterocycles. The normalized spacial score (nSPS) is 12.8. The zero-order valence-electron chi connectivity index (χ0n) is 12.0. The molecular weight excluding hydrogens is 258 g/mol. The van der Waals surface area contributed by atoms with Gasteiger partial charge in [0, 0.05) is 19.2 Å². The van der Waals surface area contributed by atoms with E-state index >= 15 is 0 Å². The van der Waals surface area contributed by atoms with Crippen LogP contribution in [0.3, 0.4) is 0 Å². The minimum absolute atomic E-state index is 0.261. The van der Waals surface area contributed by atoms with Gasteiger partial charge >= 0.3 is 0 Å². The summed E-state index contributed by atoms with van der Waals surface area (Å²) < 4.78 is 6.06. The molecule has 1 unspecified atom stereocenters. The number of nitrogens with zero attached hydrogens (tertiary/aromatic N) is 4. The molecule has 5 nitrogen and oxygen atoms in total. The topological polar surface area (TPSA) is 55.6 Å². The van der Waals surface area contributed by atoms with Crippen molar-refractivity contribution in [3.05, 3.63) is 28.0 Å². The van der Waals surface area contributed by atoms with Gasteiger partial charge in [-0.05, 0) is 38.0 Å². The third-order valence-corrected chi connectivity index (χ3v) is 4.13. The van der Waals surface area contributed by atoms with E-state index in [9.17, 15) is 0 Å². The molecule has 104 valence electrons. The number of hydrogen-bond acceptors (Lipinski definition) is 5. The van der Waals surface area contributed by atoms with Crippen LogP contribution in [0.25, 0.3) is 0 Å². The summed E-state index contributed by atoms with van der Waals surface area (Å²) >= 11 is 1.50. The third kappa shape index (κ3) is 3.19. The molecule has 1 N–H and O–H groups in total. The van der Waals surface area contributed by atoms with Gasteiger partial charge in [0.2, 0.25) is 0 Å². The standard InChI is InChI=1S/C13H21N5S/c1-5-6-11-13(19-17-15-11)12(14-3)8-10-7-9(2)16-18(10)4/h7,12,14H,5-6,8H2,1-4H3. The van der Waals surface area contributed by atoms with Crippen molar-refractivity contribution in [3.63, 3.8) is 0 Å². The minimum atomic E-state index is 0.261. The summed E-state index contributed by atoms with van der Waals surface area (Å²) in [7, 11) is 3.98. The van der Waals surface area contributed by atoms with Gasteiger partial charge in [0.25, 0.3) is 0 Å². The Balaban J connectivity index is 2.20. The lowest BCUT2D eigenvalue weighted by atomic mass is 10.1. The van der Waals surface area contributed by atoms with E-state index in [1.54, 1.807) is 0 Å². The van der Waals surface area contributed by atoms with E-state index in [0.29, 0.717) is 0 Å². The summed E-state index contributed by atoms with van der Waals surface area (Å²) in [5.74, 6) is 0. The summed E-state index contributed by atoms with van der Waals surface area (Å²) in [5, 5.41) is 12.0. The second-order valence-corrected chi connectivity index (χ2v) is 5.57. The average Bonchev–Trinajstić information content (AvgIpc) is 2.94. The van der Waals surface area contributed by atoms with Crippen molar-refractivity contribution in [1.29, 1.82) is 0 Å². The number of likely N-dealkylation sites (N-methyl/N-ethyl adjacent to an activating group) is 1. The monoisotopic (exact) mass is 279 g/mol. The van der Waals surface area contributed by atoms with Crippen molar-refractivity contribution in [2.45, 2.75) is 39.2 Å². The maximum absolute atomic E-state index is 4.40. The van der Waals surface area contributed by atoms with E-state index in [-0.39, 0.29) is 6.04 Å². The maximum atomic E-state index is 4.40. The van der Waals surface area contributed by atoms with Crippen molar-refractivity contribution in [2.75, 3.05) is 7.05 Å². The Bertz CT molecular complexity index is 531. The van der Waals surface area contributed by atoms with Gasteiger partial charge in [0.05, 0.1) is 22.3 Å². The largest absolute Gasteiger partial charge is 0.312 e. The second-order valence-electron chi connectivity index (χ2n) is 4.78. The number of rotatable bonds is 6. The van der Waals surface area contributed by atoms with Crippen molar-refractivity contribution in [2.24, 2.45) is 7.05 Å². The number of aryl methyl sites for hydroxylation is 3. The molecule has 2 rings (SSSR count). The van der Waals surface area contributed by atoms with Gasteiger partial charge in [-0.15, -0.1) is 5.10 Å². The molecular formula is C13H21N5S. The van der Waals surface area contributed by atoms with Crippen LogP contribution in [-0.2, 0) is 19.9 Å². The van der Waals surface area contributed by atoms with E-state index in [0.717, 1.165) is 30.7 Å². The Labute approximate surface area is 118 Å². The molecule has 1 atom stereocenters. The highest BCUT2D eigenvalue weighted by atomic mass is 32.1. The summed E-state index contributed by atoms with van der Waals surface area (Å²) in [6, 6.07) is 2.40. The zero-order valence-corrected chi connectivity index (χ0v) is 12.8. The predicted molar refractivity (Wildman–Crippen MR) is 77.4 cm³/mol. The molecule has 6 heteroatoms. The van der Waals surface area contributed by atoms with E-state index in [1.165, 1.54) is 22.1 Å². The first-order chi connectivity index (χ1) is 9.15. The highest BCUT2D eigenvalue weighted by Gasteiger charge is 2.19. The smallest absolute Gasteiger partial charge is 0.0803 e. The average molecular weight is 279 g/mol. The van der Waals surface area contributed by atoms with E-state index in [4.69, 9.17) is 0 Å². The molecule has 0 bridgehead atoms. The summed E-state index contributed by atoms with van der Waals surface area (Å²) in [6.07, 6.45) is 3.00. The molecule has 0 aliphatic rings. The SMILES string of the molecule is CCCc1nnsc1C(Cc1cc(C)nn1C)NC. The molecule has 0 aliphatic carbocycles. The van der Waals surface area contributed by atoms with E-state index in [2.05, 4.69) is 33.0 Å². The van der Waals surface area contributed by atoms with Gasteiger partial charge in [-0.25, -0.2) is 0 Å². The lowest BCUT2D eigenvalue weighted by molar-refractivity contribution is 0.563. The number of hydrogen-bond donors (Lipinski definition) is 1. The van der Waals surface area contributed by atoms with Crippen LogP contribution in [-0.4, -0.2) is 26.4 Å². The van der Waals surface area contributed by atoms with Crippen LogP contribution in [0, 0.1) is 6.92 Å². The predicted octanol–water partition coefficient (Wildman–Crippen LogP) is 2.04. The lowest BCUT2D eigenvalue weighted by Crippen LogP contribution is -2.20. The molecule has 0 radical (unpaired) electrons. The van der Waals surface area contributed by atoms with E-state index in [1.807, 2.05) is 25.7 Å². The van der Waals surface area contributed by atoms with Crippen molar-refractivity contribution in [1.82, 2.24) is 24.7 Å². The first-order valence-corrected chi connectivity index (χ1v) is 7.41. The summed E-state index contributed by atoms with van der Waals surface area (Å²) in [5.41, 5.74) is 3.42. The first kappa shape index (κ1) is 14.1. The van der Waals surface area contributed by atoms with Gasteiger partial charge in [0.15, 0.2) is 0 Å². The lowest BCUT2D eigenvalue weighted by Gasteiger charge is -2.15. The van der Waals surface area contributed by atoms with Gasteiger partial charge in [-0.2, -0.15) is 5.10 Å². The van der Waals surface area contributed by atoms with E-state index < -0.39 is 0 Å². The molecule has 19 heavy (non-hydrogen) atoms. The van der Waals surface area contributed by atoms with Crippen LogP contribution in [0.15, 0.2) is 6.07 Å². The molecule has 0 amide bonds. The molecule has 2 aromatic heterocycles. The van der Waals surface area contributed by atoms with Crippen LogP contribution in [0.5, 0.6) is 0 Å². The molecule has 2 aromatic rings. The summed E-state index contributed by atoms with van der Waals surface area (Å²) in [6.45, 7) is 4.19. The molecule has 0 aromatic carbocycles. The van der Waals surface area contributed by atoms with Gasteiger partial charge in [-0.1, -0.05) is 17.8 Å². The highest BCUT2D eigenvalue weighted by molar-refractivity contribution is 7.05. The second kappa shape index (κ2) is 6.25. The highest BCUT2D eigenvalue weighted by Crippen LogP contribution is 2.24. The maximum Gasteiger partial charge on any atom is 0.0803 e. The van der Waals surface area contributed by atoms with Gasteiger partial charge in [-0.3, -0.25) is 4.68 Å². The van der Waals surface area contributed by atoms with Crippen LogP contribution in [0.1, 0.15) is 41.3 Å². The Kier molecular flexibility index (Phi) is 4.66. The van der Waals surface area contributed by atoms with Crippen LogP contribution < -0.4 is 5.32 Å². The molecule has 0 fully saturated rings. The van der Waals surface area contributed by atoms with Crippen LogP contribution >= 0.6 is 11.5 Å². The number of aromatic nitrogens is 4. The molecule has 0 aliphatic heterocycles. The van der Waals surface area contributed by atoms with Gasteiger partial charge in [0.1, 0.15) is 0 Å². The Morgan fingerprint density at radius 3 is 2.84 bits per heavy atom. The Hall–Kier alpha value is -1.27. The molecule has 0 saturated carbocycles. The number of nitrogens with one attached hydrogen (secondary N) is 1. The fourth-order valence-corrected chi connectivity index (χ4v) is 3.08. The Morgan fingerprint density at radius 2 is 2.26 bits per heavy atom. The van der Waals surface area contributed by atoms with Crippen molar-refractivity contribution >= 4 is 11.5 Å². The quantitative estimate of drug-likeness (QED) is 0.879. The van der Waals surface area contributed by atoms with Crippen molar-refractivity contribution in [3.8, 4) is 0 Å². The zero-order chi connectivity index (χ0) is 13.8.